The summed E-state index contributed by atoms with van der Waals surface area (Å²) in [5, 5.41) is 10.9. The number of cyclic esters (lactones) is 1. The first-order chi connectivity index (χ1) is 12.7. The Morgan fingerprint density at radius 1 is 1.19 bits per heavy atom. The van der Waals surface area contributed by atoms with E-state index in [0.717, 1.165) is 24.3 Å². The molecule has 0 amide bonds. The van der Waals surface area contributed by atoms with Gasteiger partial charge in [0, 0.05) is 12.1 Å². The number of nitrogens with zero attached hydrogens (tertiary/aromatic N) is 2. The average Bonchev–Trinajstić information content (AvgIpc) is 2.95. The fourth-order valence-electron chi connectivity index (χ4n) is 2.34. The van der Waals surface area contributed by atoms with Crippen LogP contribution in [0.25, 0.3) is 6.08 Å². The number of aliphatic imine (C=N–C) groups is 1. The van der Waals surface area contributed by atoms with Gasteiger partial charge < -0.3 is 4.74 Å². The summed E-state index contributed by atoms with van der Waals surface area (Å²) < 4.78 is 44.1. The zero-order valence-corrected chi connectivity index (χ0v) is 13.9. The Balaban J connectivity index is 2.05. The van der Waals surface area contributed by atoms with Gasteiger partial charge in [0.1, 0.15) is 0 Å². The monoisotopic (exact) mass is 396 g/mol. The van der Waals surface area contributed by atoms with Crippen LogP contribution in [0.5, 0.6) is 0 Å². The smallest absolute Gasteiger partial charge is 0.402 e. The second-order valence-corrected chi connectivity index (χ2v) is 5.75. The van der Waals surface area contributed by atoms with E-state index in [1.165, 1.54) is 24.3 Å². The van der Waals surface area contributed by atoms with E-state index < -0.39 is 22.6 Å². The number of carbonyl (C=O) groups excluding carboxylic acids is 1. The largest absolute Gasteiger partial charge is 0.416 e. The highest BCUT2D eigenvalue weighted by Crippen LogP contribution is 2.34. The Hall–Kier alpha value is -3.20. The lowest BCUT2D eigenvalue weighted by atomic mass is 10.1. The summed E-state index contributed by atoms with van der Waals surface area (Å²) in [4.78, 5) is 26.0. The van der Waals surface area contributed by atoms with E-state index in [0.29, 0.717) is 0 Å². The number of benzene rings is 2. The Morgan fingerprint density at radius 3 is 2.56 bits per heavy atom. The van der Waals surface area contributed by atoms with Crippen molar-refractivity contribution in [2.75, 3.05) is 0 Å². The third kappa shape index (κ3) is 3.82. The maximum Gasteiger partial charge on any atom is 0.416 e. The van der Waals surface area contributed by atoms with Gasteiger partial charge in [-0.1, -0.05) is 29.8 Å². The molecule has 138 valence electrons. The number of hydrogen-bond acceptors (Lipinski definition) is 5. The predicted molar refractivity (Wildman–Crippen MR) is 90.2 cm³/mol. The summed E-state index contributed by atoms with van der Waals surface area (Å²) in [6.07, 6.45) is -3.69. The van der Waals surface area contributed by atoms with Crippen molar-refractivity contribution in [1.82, 2.24) is 0 Å². The maximum absolute atomic E-state index is 13.1. The standard InChI is InChI=1S/C17H8ClF3N2O4/c18-13-6-5-10(23(25)26)8-11(13)15-22-14(16(24)27-15)7-9-3-1-2-4-12(9)17(19,20)21/h1-8H. The zero-order chi connectivity index (χ0) is 19.8. The number of hydrogen-bond donors (Lipinski definition) is 0. The summed E-state index contributed by atoms with van der Waals surface area (Å²) in [5.41, 5.74) is -1.93. The number of ether oxygens (including phenoxy) is 1. The van der Waals surface area contributed by atoms with Crippen LogP contribution in [0.4, 0.5) is 18.9 Å². The van der Waals surface area contributed by atoms with Crippen molar-refractivity contribution in [2.45, 2.75) is 6.18 Å². The predicted octanol–water partition coefficient (Wildman–Crippen LogP) is 4.61. The minimum absolute atomic E-state index is 0.0216. The Labute approximate surface area is 154 Å². The molecule has 6 nitrogen and oxygen atoms in total. The summed E-state index contributed by atoms with van der Waals surface area (Å²) in [6.45, 7) is 0. The normalized spacial score (nSPS) is 15.6. The van der Waals surface area contributed by atoms with Gasteiger partial charge in [0.15, 0.2) is 5.70 Å². The maximum atomic E-state index is 13.1. The van der Waals surface area contributed by atoms with E-state index in [2.05, 4.69) is 4.99 Å². The Morgan fingerprint density at radius 2 is 1.89 bits per heavy atom. The van der Waals surface area contributed by atoms with Crippen LogP contribution in [0.2, 0.25) is 5.02 Å². The molecule has 1 aliphatic rings. The first-order valence-corrected chi connectivity index (χ1v) is 7.67. The quantitative estimate of drug-likeness (QED) is 0.328. The van der Waals surface area contributed by atoms with Crippen molar-refractivity contribution in [1.29, 1.82) is 0 Å². The first-order valence-electron chi connectivity index (χ1n) is 7.30. The lowest BCUT2D eigenvalue weighted by Gasteiger charge is -2.09. The van der Waals surface area contributed by atoms with Gasteiger partial charge in [0.25, 0.3) is 5.69 Å². The molecule has 1 aliphatic heterocycles. The molecule has 0 atom stereocenters. The second-order valence-electron chi connectivity index (χ2n) is 5.34. The van der Waals surface area contributed by atoms with Gasteiger partial charge in [-0.2, -0.15) is 13.2 Å². The van der Waals surface area contributed by atoms with E-state index in [1.54, 1.807) is 0 Å². The highest BCUT2D eigenvalue weighted by atomic mass is 35.5. The molecule has 0 unspecified atom stereocenters. The van der Waals surface area contributed by atoms with Crippen LogP contribution in [-0.4, -0.2) is 16.8 Å². The fourth-order valence-corrected chi connectivity index (χ4v) is 2.54. The van der Waals surface area contributed by atoms with E-state index in [-0.39, 0.29) is 33.4 Å². The van der Waals surface area contributed by atoms with Crippen LogP contribution >= 0.6 is 11.6 Å². The molecule has 0 aliphatic carbocycles. The lowest BCUT2D eigenvalue weighted by molar-refractivity contribution is -0.384. The third-order valence-corrected chi connectivity index (χ3v) is 3.90. The third-order valence-electron chi connectivity index (χ3n) is 3.57. The molecule has 0 spiro atoms. The van der Waals surface area contributed by atoms with Crippen molar-refractivity contribution >= 4 is 35.2 Å². The van der Waals surface area contributed by atoms with Crippen molar-refractivity contribution in [3.05, 3.63) is 80.0 Å². The Bertz CT molecular complexity index is 1020. The molecule has 0 saturated heterocycles. The highest BCUT2D eigenvalue weighted by Gasteiger charge is 2.33. The number of nitro benzene ring substituents is 1. The van der Waals surface area contributed by atoms with Gasteiger partial charge in [-0.3, -0.25) is 10.1 Å². The molecule has 2 aromatic carbocycles. The van der Waals surface area contributed by atoms with Crippen molar-refractivity contribution < 1.29 is 27.6 Å². The van der Waals surface area contributed by atoms with Gasteiger partial charge in [-0.15, -0.1) is 0 Å². The molecule has 2 aromatic rings. The summed E-state index contributed by atoms with van der Waals surface area (Å²) >= 11 is 5.96. The molecular formula is C17H8ClF3N2O4. The first kappa shape index (κ1) is 18.6. The molecular weight excluding hydrogens is 389 g/mol. The van der Waals surface area contributed by atoms with Gasteiger partial charge >= 0.3 is 12.1 Å². The van der Waals surface area contributed by atoms with Crippen LogP contribution in [0.3, 0.4) is 0 Å². The number of halogens is 4. The van der Waals surface area contributed by atoms with Crippen LogP contribution in [0, 0.1) is 10.1 Å². The summed E-state index contributed by atoms with van der Waals surface area (Å²) in [7, 11) is 0. The SMILES string of the molecule is O=C1OC(c2cc([N+](=O)[O-])ccc2Cl)=NC1=Cc1ccccc1C(F)(F)F. The molecule has 0 bridgehead atoms. The van der Waals surface area contributed by atoms with Crippen molar-refractivity contribution in [3.8, 4) is 0 Å². The number of esters is 1. The molecule has 0 aromatic heterocycles. The van der Waals surface area contributed by atoms with E-state index in [4.69, 9.17) is 16.3 Å². The molecule has 1 heterocycles. The van der Waals surface area contributed by atoms with E-state index in [1.807, 2.05) is 0 Å². The van der Waals surface area contributed by atoms with E-state index >= 15 is 0 Å². The van der Waals surface area contributed by atoms with Crippen LogP contribution < -0.4 is 0 Å². The molecule has 27 heavy (non-hydrogen) atoms. The topological polar surface area (TPSA) is 81.8 Å². The summed E-state index contributed by atoms with van der Waals surface area (Å²) in [6, 6.07) is 8.08. The zero-order valence-electron chi connectivity index (χ0n) is 13.2. The minimum atomic E-state index is -4.62. The van der Waals surface area contributed by atoms with Crippen LogP contribution in [-0.2, 0) is 15.7 Å². The van der Waals surface area contributed by atoms with Gasteiger partial charge in [0.05, 0.1) is 21.1 Å². The van der Waals surface area contributed by atoms with Gasteiger partial charge in [0.2, 0.25) is 5.90 Å². The minimum Gasteiger partial charge on any atom is -0.402 e. The molecule has 0 radical (unpaired) electrons. The average molecular weight is 397 g/mol. The number of nitro groups is 1. The Kier molecular flexibility index (Phi) is 4.71. The number of carbonyl (C=O) groups is 1. The van der Waals surface area contributed by atoms with E-state index in [9.17, 15) is 28.1 Å². The molecule has 0 N–H and O–H groups in total. The molecule has 3 rings (SSSR count). The number of rotatable bonds is 3. The van der Waals surface area contributed by atoms with Crippen LogP contribution in [0.15, 0.2) is 53.2 Å². The second kappa shape index (κ2) is 6.84. The summed E-state index contributed by atoms with van der Waals surface area (Å²) in [5.74, 6) is -1.33. The fraction of sp³-hybridized carbons (Fsp3) is 0.0588. The van der Waals surface area contributed by atoms with Crippen molar-refractivity contribution in [3.63, 3.8) is 0 Å². The van der Waals surface area contributed by atoms with Gasteiger partial charge in [-0.05, 0) is 23.8 Å². The van der Waals surface area contributed by atoms with Gasteiger partial charge in [-0.25, -0.2) is 9.79 Å². The van der Waals surface area contributed by atoms with Crippen LogP contribution in [0.1, 0.15) is 16.7 Å². The molecule has 0 saturated carbocycles. The molecule has 0 fully saturated rings. The van der Waals surface area contributed by atoms with Crippen molar-refractivity contribution in [2.24, 2.45) is 4.99 Å². The number of alkyl halides is 3. The number of non-ortho nitro benzene ring substituents is 1. The highest BCUT2D eigenvalue weighted by molar-refractivity contribution is 6.34. The lowest BCUT2D eigenvalue weighted by Crippen LogP contribution is -2.08. The molecule has 10 heteroatoms.